The molecule has 1 unspecified atom stereocenters. The Bertz CT molecular complexity index is 265. The van der Waals surface area contributed by atoms with Crippen molar-refractivity contribution in [2.75, 3.05) is 6.54 Å². The molecule has 0 aromatic heterocycles. The fourth-order valence-electron chi connectivity index (χ4n) is 2.33. The predicted molar refractivity (Wildman–Crippen MR) is 57.2 cm³/mol. The number of allylic oxidation sites excluding steroid dienone is 1. The average molecular weight is 177 g/mol. The van der Waals surface area contributed by atoms with E-state index in [9.17, 15) is 0 Å². The van der Waals surface area contributed by atoms with E-state index < -0.39 is 0 Å². The molecule has 0 saturated heterocycles. The zero-order valence-electron chi connectivity index (χ0n) is 8.93. The third-order valence-corrected chi connectivity index (χ3v) is 3.42. The molecule has 0 aromatic rings. The second-order valence-electron chi connectivity index (χ2n) is 5.32. The molecule has 0 bridgehead atoms. The molecule has 1 atom stereocenters. The normalized spacial score (nSPS) is 28.1. The Kier molecular flexibility index (Phi) is 2.05. The molecule has 0 radical (unpaired) electrons. The minimum absolute atomic E-state index is 0.455. The Morgan fingerprint density at radius 1 is 1.38 bits per heavy atom. The highest BCUT2D eigenvalue weighted by atomic mass is 14.8. The molecule has 0 spiro atoms. The van der Waals surface area contributed by atoms with Crippen LogP contribution in [-0.2, 0) is 0 Å². The zero-order chi connectivity index (χ0) is 9.47. The Labute approximate surface area is 80.9 Å². The maximum Gasteiger partial charge on any atom is 0.0580 e. The SMILES string of the molecule is CC(C)(C)C1CCC2=CCN=C2C1. The summed E-state index contributed by atoms with van der Waals surface area (Å²) in [5, 5.41) is 0. The molecule has 1 aliphatic carbocycles. The lowest BCUT2D eigenvalue weighted by Gasteiger charge is -2.34. The van der Waals surface area contributed by atoms with Crippen LogP contribution in [0.1, 0.15) is 40.0 Å². The average Bonchev–Trinajstić information content (AvgIpc) is 2.47. The van der Waals surface area contributed by atoms with Gasteiger partial charge in [0, 0.05) is 5.71 Å². The summed E-state index contributed by atoms with van der Waals surface area (Å²) in [5.74, 6) is 0.835. The van der Waals surface area contributed by atoms with E-state index in [1.54, 1.807) is 5.57 Å². The van der Waals surface area contributed by atoms with E-state index in [-0.39, 0.29) is 0 Å². The first-order chi connectivity index (χ1) is 6.07. The van der Waals surface area contributed by atoms with Crippen LogP contribution in [0, 0.1) is 11.3 Å². The predicted octanol–water partition coefficient (Wildman–Crippen LogP) is 3.21. The summed E-state index contributed by atoms with van der Waals surface area (Å²) in [7, 11) is 0. The summed E-state index contributed by atoms with van der Waals surface area (Å²) in [6.07, 6.45) is 6.14. The van der Waals surface area contributed by atoms with Gasteiger partial charge in [0.2, 0.25) is 0 Å². The number of aliphatic imine (C=N–C) groups is 1. The van der Waals surface area contributed by atoms with Gasteiger partial charge in [-0.1, -0.05) is 26.8 Å². The molecule has 2 rings (SSSR count). The molecule has 2 aliphatic rings. The molecule has 1 aliphatic heterocycles. The van der Waals surface area contributed by atoms with Crippen LogP contribution in [-0.4, -0.2) is 12.3 Å². The molecule has 0 amide bonds. The lowest BCUT2D eigenvalue weighted by atomic mass is 9.71. The molecule has 1 heteroatoms. The Morgan fingerprint density at radius 3 is 2.85 bits per heavy atom. The molecule has 72 valence electrons. The molecule has 1 fully saturated rings. The lowest BCUT2D eigenvalue weighted by molar-refractivity contribution is 0.228. The minimum atomic E-state index is 0.455. The van der Waals surface area contributed by atoms with Gasteiger partial charge in [0.15, 0.2) is 0 Å². The summed E-state index contributed by atoms with van der Waals surface area (Å²) >= 11 is 0. The largest absolute Gasteiger partial charge is 0.285 e. The maximum atomic E-state index is 4.55. The fourth-order valence-corrected chi connectivity index (χ4v) is 2.33. The van der Waals surface area contributed by atoms with Gasteiger partial charge in [0.05, 0.1) is 6.54 Å². The van der Waals surface area contributed by atoms with Gasteiger partial charge in [-0.3, -0.25) is 4.99 Å². The number of rotatable bonds is 0. The summed E-state index contributed by atoms with van der Waals surface area (Å²) < 4.78 is 0. The van der Waals surface area contributed by atoms with E-state index in [2.05, 4.69) is 31.8 Å². The first-order valence-electron chi connectivity index (χ1n) is 5.30. The minimum Gasteiger partial charge on any atom is -0.285 e. The van der Waals surface area contributed by atoms with Gasteiger partial charge in [-0.05, 0) is 36.2 Å². The van der Waals surface area contributed by atoms with Crippen LogP contribution in [0.3, 0.4) is 0 Å². The number of nitrogens with zero attached hydrogens (tertiary/aromatic N) is 1. The van der Waals surface area contributed by atoms with Crippen LogP contribution >= 0.6 is 0 Å². The van der Waals surface area contributed by atoms with Crippen LogP contribution in [0.4, 0.5) is 0 Å². The zero-order valence-corrected chi connectivity index (χ0v) is 8.93. The van der Waals surface area contributed by atoms with Gasteiger partial charge in [-0.2, -0.15) is 0 Å². The summed E-state index contributed by atoms with van der Waals surface area (Å²) in [6.45, 7) is 7.99. The van der Waals surface area contributed by atoms with Crippen LogP contribution in [0.15, 0.2) is 16.6 Å². The molecular weight excluding hydrogens is 158 g/mol. The molecule has 1 heterocycles. The highest BCUT2D eigenvalue weighted by molar-refractivity contribution is 6.02. The molecule has 0 N–H and O–H groups in total. The van der Waals surface area contributed by atoms with E-state index in [1.165, 1.54) is 25.0 Å². The van der Waals surface area contributed by atoms with Crippen molar-refractivity contribution >= 4 is 5.71 Å². The fraction of sp³-hybridized carbons (Fsp3) is 0.750. The number of hydrogen-bond acceptors (Lipinski definition) is 1. The van der Waals surface area contributed by atoms with Gasteiger partial charge in [0.1, 0.15) is 0 Å². The van der Waals surface area contributed by atoms with Crippen molar-refractivity contribution < 1.29 is 0 Å². The highest BCUT2D eigenvalue weighted by Crippen LogP contribution is 2.39. The van der Waals surface area contributed by atoms with Crippen LogP contribution in [0.25, 0.3) is 0 Å². The monoisotopic (exact) mass is 177 g/mol. The van der Waals surface area contributed by atoms with E-state index in [4.69, 9.17) is 0 Å². The number of hydrogen-bond donors (Lipinski definition) is 0. The summed E-state index contributed by atoms with van der Waals surface area (Å²) in [6, 6.07) is 0. The lowest BCUT2D eigenvalue weighted by Crippen LogP contribution is -2.27. The van der Waals surface area contributed by atoms with Crippen LogP contribution < -0.4 is 0 Å². The maximum absolute atomic E-state index is 4.55. The van der Waals surface area contributed by atoms with Crippen molar-refractivity contribution in [2.45, 2.75) is 40.0 Å². The molecule has 1 nitrogen and oxygen atoms in total. The van der Waals surface area contributed by atoms with Gasteiger partial charge in [-0.15, -0.1) is 0 Å². The summed E-state index contributed by atoms with van der Waals surface area (Å²) in [5.41, 5.74) is 3.41. The van der Waals surface area contributed by atoms with E-state index >= 15 is 0 Å². The van der Waals surface area contributed by atoms with Crippen molar-refractivity contribution in [1.29, 1.82) is 0 Å². The first kappa shape index (κ1) is 8.98. The smallest absolute Gasteiger partial charge is 0.0580 e. The highest BCUT2D eigenvalue weighted by Gasteiger charge is 2.31. The first-order valence-corrected chi connectivity index (χ1v) is 5.30. The number of fused-ring (bicyclic) bond motifs is 1. The second kappa shape index (κ2) is 2.97. The standard InChI is InChI=1S/C12H19N/c1-12(2,3)10-5-4-9-6-7-13-11(9)8-10/h6,10H,4-5,7-8H2,1-3H3. The van der Waals surface area contributed by atoms with Crippen LogP contribution in [0.5, 0.6) is 0 Å². The summed E-state index contributed by atoms with van der Waals surface area (Å²) in [4.78, 5) is 4.55. The van der Waals surface area contributed by atoms with E-state index in [0.29, 0.717) is 5.41 Å². The third-order valence-electron chi connectivity index (χ3n) is 3.42. The van der Waals surface area contributed by atoms with Gasteiger partial charge < -0.3 is 0 Å². The van der Waals surface area contributed by atoms with E-state index in [0.717, 1.165) is 12.5 Å². The molecule has 1 saturated carbocycles. The van der Waals surface area contributed by atoms with E-state index in [1.807, 2.05) is 0 Å². The molecule has 13 heavy (non-hydrogen) atoms. The van der Waals surface area contributed by atoms with Crippen molar-refractivity contribution in [3.63, 3.8) is 0 Å². The Hall–Kier alpha value is -0.590. The van der Waals surface area contributed by atoms with Gasteiger partial charge in [0.25, 0.3) is 0 Å². The Morgan fingerprint density at radius 2 is 2.15 bits per heavy atom. The van der Waals surface area contributed by atoms with Crippen LogP contribution in [0.2, 0.25) is 0 Å². The molecular formula is C12H19N. The molecule has 0 aromatic carbocycles. The second-order valence-corrected chi connectivity index (χ2v) is 5.32. The topological polar surface area (TPSA) is 12.4 Å². The quantitative estimate of drug-likeness (QED) is 0.538. The van der Waals surface area contributed by atoms with Crippen molar-refractivity contribution in [1.82, 2.24) is 0 Å². The van der Waals surface area contributed by atoms with Crippen molar-refractivity contribution in [3.05, 3.63) is 11.6 Å². The van der Waals surface area contributed by atoms with Crippen molar-refractivity contribution in [2.24, 2.45) is 16.3 Å². The van der Waals surface area contributed by atoms with Crippen molar-refractivity contribution in [3.8, 4) is 0 Å². The third kappa shape index (κ3) is 1.70. The Balaban J connectivity index is 2.10. The van der Waals surface area contributed by atoms with Gasteiger partial charge in [-0.25, -0.2) is 0 Å². The van der Waals surface area contributed by atoms with Gasteiger partial charge >= 0.3 is 0 Å².